The lowest BCUT2D eigenvalue weighted by atomic mass is 9.69. The van der Waals surface area contributed by atoms with E-state index in [0.29, 0.717) is 26.2 Å². The van der Waals surface area contributed by atoms with E-state index in [-0.39, 0.29) is 34.2 Å². The largest absolute Gasteiger partial charge is 0.355 e. The molecule has 2 aliphatic heterocycles. The lowest BCUT2D eigenvalue weighted by molar-refractivity contribution is -0.145. The monoisotopic (exact) mass is 517 g/mol. The average molecular weight is 518 g/mol. The predicted molar refractivity (Wildman–Crippen MR) is 137 cm³/mol. The van der Waals surface area contributed by atoms with Gasteiger partial charge in [-0.05, 0) is 43.0 Å². The second kappa shape index (κ2) is 10.1. The van der Waals surface area contributed by atoms with Crippen LogP contribution < -0.4 is 10.6 Å². The highest BCUT2D eigenvalue weighted by molar-refractivity contribution is 6.31. The summed E-state index contributed by atoms with van der Waals surface area (Å²) in [5.74, 6) is -1.92. The zero-order chi connectivity index (χ0) is 26.3. The van der Waals surface area contributed by atoms with E-state index in [1.54, 1.807) is 0 Å². The molecule has 2 fully saturated rings. The summed E-state index contributed by atoms with van der Waals surface area (Å²) in [7, 11) is 1.46. The first-order valence-electron chi connectivity index (χ1n) is 12.1. The summed E-state index contributed by atoms with van der Waals surface area (Å²) in [5.41, 5.74) is 1.29. The van der Waals surface area contributed by atoms with Crippen LogP contribution in [0.25, 0.3) is 0 Å². The number of hydrogen-bond acceptors (Lipinski definition) is 5. The number of nitrogens with zero attached hydrogens (tertiary/aromatic N) is 1. The Labute approximate surface area is 216 Å². The Hall–Kier alpha value is -2.52. The zero-order valence-corrected chi connectivity index (χ0v) is 22.0. The first-order valence-corrected chi connectivity index (χ1v) is 12.5. The van der Waals surface area contributed by atoms with Gasteiger partial charge in [-0.2, -0.15) is 0 Å². The van der Waals surface area contributed by atoms with Gasteiger partial charge in [0.15, 0.2) is 5.79 Å². The summed E-state index contributed by atoms with van der Waals surface area (Å²) in [5, 5.41) is 5.17. The lowest BCUT2D eigenvalue weighted by Crippen LogP contribution is -2.66. The van der Waals surface area contributed by atoms with E-state index in [1.807, 2.05) is 38.1 Å². The van der Waals surface area contributed by atoms with Crippen LogP contribution in [0.2, 0.25) is 5.02 Å². The zero-order valence-electron chi connectivity index (χ0n) is 21.3. The minimum absolute atomic E-state index is 0.0791. The molecule has 2 saturated heterocycles. The molecule has 0 spiro atoms. The molecule has 4 rings (SSSR count). The maximum atomic E-state index is 14.4. The Morgan fingerprint density at radius 2 is 1.92 bits per heavy atom. The molecule has 2 aromatic rings. The number of ether oxygens (including phenoxy) is 2. The third-order valence-electron chi connectivity index (χ3n) is 6.83. The molecule has 36 heavy (non-hydrogen) atoms. The molecule has 1 atom stereocenters. The van der Waals surface area contributed by atoms with Gasteiger partial charge >= 0.3 is 0 Å². The molecule has 0 saturated carbocycles. The van der Waals surface area contributed by atoms with Crippen molar-refractivity contribution in [3.05, 3.63) is 63.9 Å². The number of halogens is 2. The fraction of sp³-hybridized carbons (Fsp3) is 0.481. The number of benzene rings is 2. The highest BCUT2D eigenvalue weighted by Crippen LogP contribution is 2.41. The Kier molecular flexibility index (Phi) is 7.44. The van der Waals surface area contributed by atoms with Gasteiger partial charge in [0.05, 0.1) is 34.4 Å². The molecule has 2 N–H and O–H groups in total. The van der Waals surface area contributed by atoms with E-state index in [1.165, 1.54) is 13.1 Å². The van der Waals surface area contributed by atoms with Crippen molar-refractivity contribution in [2.75, 3.05) is 38.6 Å². The second-order valence-electron chi connectivity index (χ2n) is 10.3. The van der Waals surface area contributed by atoms with Crippen molar-refractivity contribution in [2.24, 2.45) is 0 Å². The van der Waals surface area contributed by atoms with Crippen LogP contribution in [-0.4, -0.2) is 61.9 Å². The summed E-state index contributed by atoms with van der Waals surface area (Å²) in [4.78, 5) is 28.6. The Bertz CT molecular complexity index is 1160. The van der Waals surface area contributed by atoms with Crippen molar-refractivity contribution in [1.29, 1.82) is 0 Å². The van der Waals surface area contributed by atoms with Gasteiger partial charge in [0.2, 0.25) is 5.91 Å². The van der Waals surface area contributed by atoms with Crippen molar-refractivity contribution in [3.8, 4) is 0 Å². The number of nitrogens with one attached hydrogen (secondary N) is 2. The number of carbonyl (C=O) groups excluding carboxylic acids is 2. The fourth-order valence-electron chi connectivity index (χ4n) is 5.07. The minimum Gasteiger partial charge on any atom is -0.355 e. The number of carbonyl (C=O) groups is 2. The normalized spacial score (nSPS) is 20.7. The first-order chi connectivity index (χ1) is 17.0. The molecular formula is C27H33ClFN3O4. The molecule has 0 aliphatic carbocycles. The first kappa shape index (κ1) is 26.5. The van der Waals surface area contributed by atoms with Crippen molar-refractivity contribution in [1.82, 2.24) is 10.2 Å². The third kappa shape index (κ3) is 5.13. The van der Waals surface area contributed by atoms with E-state index in [9.17, 15) is 14.0 Å². The molecule has 2 amide bonds. The predicted octanol–water partition coefficient (Wildman–Crippen LogP) is 4.31. The van der Waals surface area contributed by atoms with Crippen LogP contribution in [0.1, 0.15) is 55.1 Å². The number of likely N-dealkylation sites (tertiary alicyclic amines) is 1. The molecule has 194 valence electrons. The average Bonchev–Trinajstić information content (AvgIpc) is 3.15. The van der Waals surface area contributed by atoms with Gasteiger partial charge in [-0.15, -0.1) is 0 Å². The highest BCUT2D eigenvalue weighted by atomic mass is 35.5. The van der Waals surface area contributed by atoms with Gasteiger partial charge in [-0.25, -0.2) is 4.39 Å². The summed E-state index contributed by atoms with van der Waals surface area (Å²) in [6.45, 7) is 9.97. The Morgan fingerprint density at radius 1 is 1.22 bits per heavy atom. The fourth-order valence-corrected chi connectivity index (χ4v) is 5.24. The molecule has 9 heteroatoms. The van der Waals surface area contributed by atoms with Crippen molar-refractivity contribution in [2.45, 2.75) is 50.9 Å². The molecule has 0 unspecified atom stereocenters. The standard InChI is InChI=1S/C27H33ClFN3O4/c1-16(2)18-8-6-7-9-20(18)27(14-32(15-27)12-17-13-35-26(3,4)36-17)25(34)31-23-11-22(29)21(28)10-19(23)24(33)30-5/h6-11,16-17H,12-15H2,1-5H3,(H,30,33)(H,31,34)/t17-/m1/s1. The summed E-state index contributed by atoms with van der Waals surface area (Å²) in [6.07, 6.45) is -0.0911. The van der Waals surface area contributed by atoms with Crippen LogP contribution in [0.15, 0.2) is 36.4 Å². The maximum absolute atomic E-state index is 14.4. The minimum atomic E-state index is -0.883. The molecule has 0 bridgehead atoms. The smallest absolute Gasteiger partial charge is 0.253 e. The molecule has 2 aromatic carbocycles. The SMILES string of the molecule is CNC(=O)c1cc(Cl)c(F)cc1NC(=O)C1(c2ccccc2C(C)C)CN(C[C@@H]2COC(C)(C)O2)C1. The number of amides is 2. The van der Waals surface area contributed by atoms with Crippen LogP contribution in [0.3, 0.4) is 0 Å². The van der Waals surface area contributed by atoms with E-state index >= 15 is 0 Å². The van der Waals surface area contributed by atoms with Crippen LogP contribution in [0, 0.1) is 5.82 Å². The number of rotatable bonds is 7. The van der Waals surface area contributed by atoms with E-state index < -0.39 is 22.9 Å². The summed E-state index contributed by atoms with van der Waals surface area (Å²) >= 11 is 5.93. The molecule has 0 radical (unpaired) electrons. The van der Waals surface area contributed by atoms with Gasteiger partial charge in [0.25, 0.3) is 5.91 Å². The maximum Gasteiger partial charge on any atom is 0.253 e. The molecule has 0 aromatic heterocycles. The van der Waals surface area contributed by atoms with Crippen LogP contribution in [0.5, 0.6) is 0 Å². The van der Waals surface area contributed by atoms with E-state index in [2.05, 4.69) is 29.4 Å². The van der Waals surface area contributed by atoms with Gasteiger partial charge in [0.1, 0.15) is 5.82 Å². The van der Waals surface area contributed by atoms with E-state index in [0.717, 1.165) is 17.2 Å². The van der Waals surface area contributed by atoms with Gasteiger partial charge in [0, 0.05) is 26.7 Å². The van der Waals surface area contributed by atoms with Crippen molar-refractivity contribution < 1.29 is 23.5 Å². The van der Waals surface area contributed by atoms with Gasteiger partial charge < -0.3 is 20.1 Å². The molecule has 2 aliphatic rings. The van der Waals surface area contributed by atoms with Crippen LogP contribution in [0.4, 0.5) is 10.1 Å². The quantitative estimate of drug-likeness (QED) is 0.572. The van der Waals surface area contributed by atoms with Gasteiger partial charge in [-0.3, -0.25) is 14.5 Å². The molecule has 7 nitrogen and oxygen atoms in total. The molecule has 2 heterocycles. The van der Waals surface area contributed by atoms with Gasteiger partial charge in [-0.1, -0.05) is 49.7 Å². The van der Waals surface area contributed by atoms with Crippen molar-refractivity contribution >= 4 is 29.1 Å². The second-order valence-corrected chi connectivity index (χ2v) is 10.7. The topological polar surface area (TPSA) is 79.9 Å². The van der Waals surface area contributed by atoms with Crippen LogP contribution in [-0.2, 0) is 19.7 Å². The lowest BCUT2D eigenvalue weighted by Gasteiger charge is -2.50. The third-order valence-corrected chi connectivity index (χ3v) is 7.12. The number of anilines is 1. The summed E-state index contributed by atoms with van der Waals surface area (Å²) < 4.78 is 26.0. The Balaban J connectivity index is 1.65. The van der Waals surface area contributed by atoms with Crippen molar-refractivity contribution in [3.63, 3.8) is 0 Å². The van der Waals surface area contributed by atoms with E-state index in [4.69, 9.17) is 21.1 Å². The highest BCUT2D eigenvalue weighted by Gasteiger charge is 2.52. The summed E-state index contributed by atoms with van der Waals surface area (Å²) in [6, 6.07) is 10.2. The Morgan fingerprint density at radius 3 is 2.53 bits per heavy atom. The number of hydrogen-bond donors (Lipinski definition) is 2. The van der Waals surface area contributed by atoms with Crippen LogP contribution >= 0.6 is 11.6 Å². The molecular weight excluding hydrogens is 485 g/mol.